The molecular formula is C81H142O17P2. The van der Waals surface area contributed by atoms with E-state index < -0.39 is 97.5 Å². The van der Waals surface area contributed by atoms with Crippen LogP contribution in [0.15, 0.2) is 97.2 Å². The maximum Gasteiger partial charge on any atom is 0.472 e. The van der Waals surface area contributed by atoms with E-state index in [4.69, 9.17) is 37.0 Å². The molecule has 0 heterocycles. The standard InChI is InChI=1S/C81H142O17P2/c1-5-9-13-17-21-25-29-33-35-36-37-38-40-44-48-52-56-60-64-68-81(86)98-77(72-92-79(84)66-62-58-54-50-46-43-39-34-30-26-22-18-14-10-6-2)74-96-100(89,90)94-70-75(82)69-93-99(87,88)95-73-76(97-80(85)67-63-59-55-51-47-42-32-28-24-20-16-12-8-4)71-91-78(83)65-61-57-53-49-45-41-31-27-23-19-15-11-7-3/h9,13,21,25,27-28,31-35,37-39,44,48,75-77,82H,5-8,10-12,14-20,22-24,26,29-30,36,40-43,45-47,49-74H2,1-4H3,(H,87,88)(H,89,90)/b13-9-,25-21-,31-27-,32-28-,35-33-,38-37-,39-34-,48-44-/t75-,76+,77+/m0/s1. The molecule has 0 aliphatic heterocycles. The number of hydrogen-bond donors (Lipinski definition) is 3. The molecule has 0 rings (SSSR count). The fourth-order valence-corrected chi connectivity index (χ4v) is 12.0. The fraction of sp³-hybridized carbons (Fsp3) is 0.753. The summed E-state index contributed by atoms with van der Waals surface area (Å²) < 4.78 is 68.5. The third-order valence-corrected chi connectivity index (χ3v) is 18.4. The molecule has 3 N–H and O–H groups in total. The number of phosphoric ester groups is 2. The van der Waals surface area contributed by atoms with Crippen molar-refractivity contribution in [2.75, 3.05) is 39.6 Å². The molecule has 578 valence electrons. The minimum absolute atomic E-state index is 0.0541. The number of carbonyl (C=O) groups excluding carboxylic acids is 4. The molecule has 17 nitrogen and oxygen atoms in total. The van der Waals surface area contributed by atoms with E-state index in [2.05, 4.69) is 125 Å². The lowest BCUT2D eigenvalue weighted by Gasteiger charge is -2.21. The molecule has 0 aromatic heterocycles. The highest BCUT2D eigenvalue weighted by atomic mass is 31.2. The first-order valence-corrected chi connectivity index (χ1v) is 42.5. The Morgan fingerprint density at radius 3 is 0.830 bits per heavy atom. The third-order valence-electron chi connectivity index (χ3n) is 16.5. The second-order valence-electron chi connectivity index (χ2n) is 26.3. The van der Waals surface area contributed by atoms with Crippen LogP contribution in [0.1, 0.15) is 336 Å². The Kier molecular flexibility index (Phi) is 70.4. The van der Waals surface area contributed by atoms with Crippen LogP contribution in [0.3, 0.4) is 0 Å². The highest BCUT2D eigenvalue weighted by Crippen LogP contribution is 2.45. The smallest absolute Gasteiger partial charge is 0.462 e. The molecule has 0 aliphatic rings. The first-order valence-electron chi connectivity index (χ1n) is 39.5. The topological polar surface area (TPSA) is 237 Å². The number of carbonyl (C=O) groups is 4. The Morgan fingerprint density at radius 2 is 0.520 bits per heavy atom. The van der Waals surface area contributed by atoms with Gasteiger partial charge in [0.15, 0.2) is 12.2 Å². The number of rotatable bonds is 74. The molecule has 0 aliphatic carbocycles. The van der Waals surface area contributed by atoms with Gasteiger partial charge in [0.05, 0.1) is 26.4 Å². The van der Waals surface area contributed by atoms with Crippen LogP contribution >= 0.6 is 15.6 Å². The molecule has 19 heteroatoms. The zero-order valence-corrected chi connectivity index (χ0v) is 64.9. The molecule has 0 aromatic rings. The molecule has 0 bridgehead atoms. The summed E-state index contributed by atoms with van der Waals surface area (Å²) >= 11 is 0. The first kappa shape index (κ1) is 96.0. The van der Waals surface area contributed by atoms with Crippen LogP contribution in [0, 0.1) is 0 Å². The Balaban J connectivity index is 5.39. The SMILES string of the molecule is CC/C=C\C/C=C\C/C=C\C/C=C\C/C=C\CCCCCC(=O)O[C@H](COC(=O)CCCCCCC/C=C\CCCCCCCC)COP(=O)(O)OC[C@@H](O)COP(=O)(O)OC[C@@H](COC(=O)CCCCCCC/C=C\CCCCCC)OC(=O)CCCCCCC/C=C\CCCCCC. The average molecular weight is 1450 g/mol. The number of phosphoric acid groups is 2. The van der Waals surface area contributed by atoms with Crippen LogP contribution in [-0.2, 0) is 65.4 Å². The van der Waals surface area contributed by atoms with Crippen molar-refractivity contribution in [3.63, 3.8) is 0 Å². The zero-order valence-electron chi connectivity index (χ0n) is 63.1. The monoisotopic (exact) mass is 1450 g/mol. The van der Waals surface area contributed by atoms with Crippen LogP contribution in [0.4, 0.5) is 0 Å². The van der Waals surface area contributed by atoms with Gasteiger partial charge in [-0.05, 0) is 148 Å². The number of esters is 4. The first-order chi connectivity index (χ1) is 48.7. The van der Waals surface area contributed by atoms with E-state index in [1.165, 1.54) is 89.9 Å². The Morgan fingerprint density at radius 1 is 0.290 bits per heavy atom. The van der Waals surface area contributed by atoms with E-state index in [1.54, 1.807) is 0 Å². The molecule has 0 aromatic carbocycles. The van der Waals surface area contributed by atoms with Crippen LogP contribution < -0.4 is 0 Å². The van der Waals surface area contributed by atoms with E-state index in [9.17, 15) is 43.2 Å². The number of aliphatic hydroxyl groups excluding tert-OH is 1. The molecule has 0 spiro atoms. The fourth-order valence-electron chi connectivity index (χ4n) is 10.5. The Labute approximate surface area is 607 Å². The van der Waals surface area contributed by atoms with Crippen LogP contribution in [0.5, 0.6) is 0 Å². The quantitative estimate of drug-likeness (QED) is 0.0169. The summed E-state index contributed by atoms with van der Waals surface area (Å²) in [6.45, 7) is 4.69. The van der Waals surface area contributed by atoms with Crippen LogP contribution in [-0.4, -0.2) is 96.7 Å². The van der Waals surface area contributed by atoms with Gasteiger partial charge >= 0.3 is 39.5 Å². The number of aliphatic hydroxyl groups is 1. The van der Waals surface area contributed by atoms with Crippen molar-refractivity contribution < 1.29 is 80.2 Å². The number of allylic oxidation sites excluding steroid dienone is 16. The van der Waals surface area contributed by atoms with Crippen molar-refractivity contribution in [2.45, 2.75) is 354 Å². The summed E-state index contributed by atoms with van der Waals surface area (Å²) in [5, 5.41) is 10.6. The Hall–Kier alpha value is -4.02. The number of ether oxygens (including phenoxy) is 4. The second kappa shape index (κ2) is 73.3. The van der Waals surface area contributed by atoms with Gasteiger partial charge in [-0.3, -0.25) is 37.3 Å². The van der Waals surface area contributed by atoms with Gasteiger partial charge in [0, 0.05) is 25.7 Å². The normalized spacial score (nSPS) is 14.4. The van der Waals surface area contributed by atoms with Crippen molar-refractivity contribution in [1.29, 1.82) is 0 Å². The van der Waals surface area contributed by atoms with Gasteiger partial charge in [0.1, 0.15) is 19.3 Å². The van der Waals surface area contributed by atoms with E-state index in [0.29, 0.717) is 25.7 Å². The molecule has 0 saturated heterocycles. The molecule has 0 saturated carbocycles. The van der Waals surface area contributed by atoms with Gasteiger partial charge in [0.2, 0.25) is 0 Å². The predicted molar refractivity (Wildman–Crippen MR) is 409 cm³/mol. The van der Waals surface area contributed by atoms with E-state index >= 15 is 0 Å². The van der Waals surface area contributed by atoms with E-state index in [-0.39, 0.29) is 25.7 Å². The van der Waals surface area contributed by atoms with Crippen molar-refractivity contribution in [2.24, 2.45) is 0 Å². The van der Waals surface area contributed by atoms with E-state index in [1.807, 2.05) is 0 Å². The molecule has 5 atom stereocenters. The minimum atomic E-state index is -4.99. The third kappa shape index (κ3) is 72.3. The van der Waals surface area contributed by atoms with Crippen molar-refractivity contribution in [3.05, 3.63) is 97.2 Å². The van der Waals surface area contributed by atoms with Gasteiger partial charge in [-0.15, -0.1) is 0 Å². The summed E-state index contributed by atoms with van der Waals surface area (Å²) in [7, 11) is -9.96. The van der Waals surface area contributed by atoms with Gasteiger partial charge in [-0.2, -0.15) is 0 Å². The molecule has 0 radical (unpaired) electrons. The maximum absolute atomic E-state index is 13.1. The van der Waals surface area contributed by atoms with Crippen molar-refractivity contribution >= 4 is 39.5 Å². The maximum atomic E-state index is 13.1. The lowest BCUT2D eigenvalue weighted by Crippen LogP contribution is -2.30. The summed E-state index contributed by atoms with van der Waals surface area (Å²) in [5.41, 5.74) is 0. The highest BCUT2D eigenvalue weighted by molar-refractivity contribution is 7.47. The summed E-state index contributed by atoms with van der Waals surface area (Å²) in [5.74, 6) is -2.23. The summed E-state index contributed by atoms with van der Waals surface area (Å²) in [6, 6.07) is 0. The molecule has 0 amide bonds. The van der Waals surface area contributed by atoms with Crippen molar-refractivity contribution in [1.82, 2.24) is 0 Å². The largest absolute Gasteiger partial charge is 0.472 e. The zero-order chi connectivity index (χ0) is 73.2. The molecule has 100 heavy (non-hydrogen) atoms. The van der Waals surface area contributed by atoms with Crippen molar-refractivity contribution in [3.8, 4) is 0 Å². The Bertz CT molecular complexity index is 2270. The highest BCUT2D eigenvalue weighted by Gasteiger charge is 2.30. The number of unbranched alkanes of at least 4 members (excludes halogenated alkanes) is 32. The van der Waals surface area contributed by atoms with Crippen LogP contribution in [0.2, 0.25) is 0 Å². The van der Waals surface area contributed by atoms with Crippen LogP contribution in [0.25, 0.3) is 0 Å². The second-order valence-corrected chi connectivity index (χ2v) is 29.2. The summed E-state index contributed by atoms with van der Waals surface area (Å²) in [6.07, 6.45) is 76.7. The van der Waals surface area contributed by atoms with Gasteiger partial charge in [0.25, 0.3) is 0 Å². The molecule has 0 fully saturated rings. The van der Waals surface area contributed by atoms with Gasteiger partial charge in [-0.1, -0.05) is 260 Å². The molecular weight excluding hydrogens is 1310 g/mol. The average Bonchev–Trinajstić information content (AvgIpc) is 0.934. The minimum Gasteiger partial charge on any atom is -0.462 e. The number of hydrogen-bond acceptors (Lipinski definition) is 15. The lowest BCUT2D eigenvalue weighted by atomic mass is 10.1. The van der Waals surface area contributed by atoms with Gasteiger partial charge < -0.3 is 33.8 Å². The summed E-state index contributed by atoms with van der Waals surface area (Å²) in [4.78, 5) is 72.9. The molecule has 2 unspecified atom stereocenters. The van der Waals surface area contributed by atoms with Gasteiger partial charge in [-0.25, -0.2) is 9.13 Å². The lowest BCUT2D eigenvalue weighted by molar-refractivity contribution is -0.161. The predicted octanol–water partition coefficient (Wildman–Crippen LogP) is 22.8. The van der Waals surface area contributed by atoms with E-state index in [0.717, 1.165) is 167 Å².